The first-order valence-electron chi connectivity index (χ1n) is 5.58. The van der Waals surface area contributed by atoms with Crippen LogP contribution in [0.1, 0.15) is 12.8 Å². The third-order valence-corrected chi connectivity index (χ3v) is 3.07. The van der Waals surface area contributed by atoms with Gasteiger partial charge in [0.25, 0.3) is 0 Å². The van der Waals surface area contributed by atoms with Crippen molar-refractivity contribution >= 4 is 24.3 Å². The second kappa shape index (κ2) is 6.54. The molecule has 0 spiro atoms. The lowest BCUT2D eigenvalue weighted by Crippen LogP contribution is -2.34. The molecule has 3 nitrogen and oxygen atoms in total. The predicted octanol–water partition coefficient (Wildman–Crippen LogP) is 3.06. The van der Waals surface area contributed by atoms with Gasteiger partial charge in [-0.1, -0.05) is 0 Å². The SMILES string of the molecule is Cl.ON=CC1CCN(c2ccc(F)cc2F)CC1. The van der Waals surface area contributed by atoms with Gasteiger partial charge in [0.15, 0.2) is 0 Å². The summed E-state index contributed by atoms with van der Waals surface area (Å²) in [5.74, 6) is -0.854. The van der Waals surface area contributed by atoms with Gasteiger partial charge in [0, 0.05) is 31.3 Å². The molecule has 2 rings (SSSR count). The zero-order chi connectivity index (χ0) is 12.3. The van der Waals surface area contributed by atoms with Gasteiger partial charge < -0.3 is 10.1 Å². The second-order valence-corrected chi connectivity index (χ2v) is 4.18. The van der Waals surface area contributed by atoms with E-state index in [4.69, 9.17) is 5.21 Å². The molecule has 0 radical (unpaired) electrons. The standard InChI is InChI=1S/C12H14F2N2O.ClH/c13-10-1-2-12(11(14)7-10)16-5-3-9(4-6-16)8-15-17;/h1-2,7-9,17H,3-6H2;1H. The molecule has 1 aromatic rings. The topological polar surface area (TPSA) is 35.8 Å². The highest BCUT2D eigenvalue weighted by Crippen LogP contribution is 2.25. The molecule has 100 valence electrons. The van der Waals surface area contributed by atoms with Gasteiger partial charge in [-0.15, -0.1) is 17.6 Å². The number of halogens is 3. The van der Waals surface area contributed by atoms with Gasteiger partial charge in [0.2, 0.25) is 0 Å². The van der Waals surface area contributed by atoms with E-state index in [-0.39, 0.29) is 18.3 Å². The first-order valence-corrected chi connectivity index (χ1v) is 5.58. The van der Waals surface area contributed by atoms with Crippen LogP contribution in [0.15, 0.2) is 23.4 Å². The smallest absolute Gasteiger partial charge is 0.149 e. The van der Waals surface area contributed by atoms with Gasteiger partial charge in [-0.2, -0.15) is 0 Å². The number of oxime groups is 1. The maximum Gasteiger partial charge on any atom is 0.149 e. The predicted molar refractivity (Wildman–Crippen MR) is 68.8 cm³/mol. The number of rotatable bonds is 2. The summed E-state index contributed by atoms with van der Waals surface area (Å²) in [7, 11) is 0. The molecule has 1 saturated heterocycles. The molecule has 18 heavy (non-hydrogen) atoms. The molecule has 1 aromatic carbocycles. The van der Waals surface area contributed by atoms with E-state index in [1.54, 1.807) is 0 Å². The minimum absolute atomic E-state index is 0. The third-order valence-electron chi connectivity index (χ3n) is 3.07. The molecule has 1 fully saturated rings. The minimum atomic E-state index is -0.562. The van der Waals surface area contributed by atoms with Crippen LogP contribution in [0.2, 0.25) is 0 Å². The molecule has 1 aliphatic heterocycles. The van der Waals surface area contributed by atoms with Crippen molar-refractivity contribution in [3.05, 3.63) is 29.8 Å². The quantitative estimate of drug-likeness (QED) is 0.512. The van der Waals surface area contributed by atoms with Gasteiger partial charge in [0.1, 0.15) is 11.6 Å². The second-order valence-electron chi connectivity index (χ2n) is 4.18. The Labute approximate surface area is 111 Å². The summed E-state index contributed by atoms with van der Waals surface area (Å²) in [6.07, 6.45) is 3.13. The number of anilines is 1. The van der Waals surface area contributed by atoms with Crippen molar-refractivity contribution in [2.75, 3.05) is 18.0 Å². The van der Waals surface area contributed by atoms with Gasteiger partial charge in [-0.3, -0.25) is 0 Å². The lowest BCUT2D eigenvalue weighted by atomic mass is 9.98. The molecule has 0 aliphatic carbocycles. The van der Waals surface area contributed by atoms with Crippen molar-refractivity contribution in [3.8, 4) is 0 Å². The molecule has 0 bridgehead atoms. The molecular weight excluding hydrogens is 262 g/mol. The van der Waals surface area contributed by atoms with Crippen LogP contribution >= 0.6 is 12.4 Å². The maximum absolute atomic E-state index is 13.5. The first-order chi connectivity index (χ1) is 8.20. The molecule has 0 atom stereocenters. The van der Waals surface area contributed by atoms with E-state index >= 15 is 0 Å². The van der Waals surface area contributed by atoms with Crippen LogP contribution in [0.5, 0.6) is 0 Å². The van der Waals surface area contributed by atoms with E-state index in [1.165, 1.54) is 18.3 Å². The lowest BCUT2D eigenvalue weighted by molar-refractivity contribution is 0.316. The first kappa shape index (κ1) is 14.7. The highest BCUT2D eigenvalue weighted by atomic mass is 35.5. The molecule has 1 N–H and O–H groups in total. The summed E-state index contributed by atoms with van der Waals surface area (Å²) >= 11 is 0. The fourth-order valence-corrected chi connectivity index (χ4v) is 2.12. The van der Waals surface area contributed by atoms with E-state index < -0.39 is 11.6 Å². The number of nitrogens with zero attached hydrogens (tertiary/aromatic N) is 2. The Bertz CT molecular complexity index is 421. The highest BCUT2D eigenvalue weighted by molar-refractivity contribution is 5.85. The number of hydrogen-bond donors (Lipinski definition) is 1. The Hall–Kier alpha value is -1.36. The summed E-state index contributed by atoms with van der Waals surface area (Å²) < 4.78 is 26.3. The van der Waals surface area contributed by atoms with Gasteiger partial charge in [0.05, 0.1) is 5.69 Å². The molecule has 6 heteroatoms. The van der Waals surface area contributed by atoms with Crippen molar-refractivity contribution in [2.45, 2.75) is 12.8 Å². The van der Waals surface area contributed by atoms with E-state index in [9.17, 15) is 8.78 Å². The molecule has 0 saturated carbocycles. The zero-order valence-corrected chi connectivity index (χ0v) is 10.5. The number of hydrogen-bond acceptors (Lipinski definition) is 3. The fraction of sp³-hybridized carbons (Fsp3) is 0.417. The van der Waals surface area contributed by atoms with Gasteiger partial charge in [-0.05, 0) is 25.0 Å². The normalized spacial score (nSPS) is 16.9. The molecule has 1 heterocycles. The Morgan fingerprint density at radius 3 is 2.50 bits per heavy atom. The number of piperidine rings is 1. The molecular formula is C12H15ClF2N2O. The van der Waals surface area contributed by atoms with Crippen molar-refractivity contribution in [3.63, 3.8) is 0 Å². The fourth-order valence-electron chi connectivity index (χ4n) is 2.12. The largest absolute Gasteiger partial charge is 0.411 e. The lowest BCUT2D eigenvalue weighted by Gasteiger charge is -2.32. The summed E-state index contributed by atoms with van der Waals surface area (Å²) in [4.78, 5) is 1.89. The van der Waals surface area contributed by atoms with Crippen LogP contribution in [0.3, 0.4) is 0 Å². The van der Waals surface area contributed by atoms with Gasteiger partial charge >= 0.3 is 0 Å². The summed E-state index contributed by atoms with van der Waals surface area (Å²) in [5, 5.41) is 11.4. The average Bonchev–Trinajstić information content (AvgIpc) is 2.31. The van der Waals surface area contributed by atoms with Crippen molar-refractivity contribution < 1.29 is 14.0 Å². The van der Waals surface area contributed by atoms with Crippen molar-refractivity contribution in [1.29, 1.82) is 0 Å². The Morgan fingerprint density at radius 2 is 1.94 bits per heavy atom. The Balaban J connectivity index is 0.00000162. The molecule has 0 aromatic heterocycles. The number of benzene rings is 1. The van der Waals surface area contributed by atoms with Crippen molar-refractivity contribution in [2.24, 2.45) is 11.1 Å². The van der Waals surface area contributed by atoms with Crippen LogP contribution in [0.4, 0.5) is 14.5 Å². The Kier molecular flexibility index (Phi) is 5.34. The zero-order valence-electron chi connectivity index (χ0n) is 9.72. The van der Waals surface area contributed by atoms with Crippen LogP contribution in [0.25, 0.3) is 0 Å². The third kappa shape index (κ3) is 3.32. The minimum Gasteiger partial charge on any atom is -0.411 e. The van der Waals surface area contributed by atoms with E-state index in [0.29, 0.717) is 18.8 Å². The van der Waals surface area contributed by atoms with Crippen LogP contribution in [-0.4, -0.2) is 24.5 Å². The van der Waals surface area contributed by atoms with Crippen molar-refractivity contribution in [1.82, 2.24) is 0 Å². The summed E-state index contributed by atoms with van der Waals surface area (Å²) in [6, 6.07) is 3.63. The molecule has 0 unspecified atom stereocenters. The van der Waals surface area contributed by atoms with Crippen LogP contribution < -0.4 is 4.90 Å². The molecule has 0 amide bonds. The van der Waals surface area contributed by atoms with E-state index in [0.717, 1.165) is 18.9 Å². The monoisotopic (exact) mass is 276 g/mol. The molecule has 1 aliphatic rings. The van der Waals surface area contributed by atoms with Gasteiger partial charge in [-0.25, -0.2) is 8.78 Å². The highest BCUT2D eigenvalue weighted by Gasteiger charge is 2.20. The average molecular weight is 277 g/mol. The summed E-state index contributed by atoms with van der Waals surface area (Å²) in [6.45, 7) is 1.36. The van der Waals surface area contributed by atoms with E-state index in [2.05, 4.69) is 5.16 Å². The summed E-state index contributed by atoms with van der Waals surface area (Å²) in [5.41, 5.74) is 0.436. The van der Waals surface area contributed by atoms with E-state index in [1.807, 2.05) is 4.90 Å². The Morgan fingerprint density at radius 1 is 1.28 bits per heavy atom. The van der Waals surface area contributed by atoms with Crippen LogP contribution in [-0.2, 0) is 0 Å². The maximum atomic E-state index is 13.5. The van der Waals surface area contributed by atoms with Crippen LogP contribution in [0, 0.1) is 17.6 Å².